The lowest BCUT2D eigenvalue weighted by Crippen LogP contribution is -2.49. The van der Waals surface area contributed by atoms with E-state index >= 15 is 0 Å². The van der Waals surface area contributed by atoms with Crippen LogP contribution in [0.3, 0.4) is 0 Å². The molecule has 0 saturated carbocycles. The quantitative estimate of drug-likeness (QED) is 0.452. The topological polar surface area (TPSA) is 71.8 Å². The molecule has 0 bridgehead atoms. The Morgan fingerprint density at radius 3 is 2.48 bits per heavy atom. The van der Waals surface area contributed by atoms with E-state index in [0.717, 1.165) is 16.9 Å². The van der Waals surface area contributed by atoms with Gasteiger partial charge in [0.1, 0.15) is 17.7 Å². The molecule has 0 amide bonds. The van der Waals surface area contributed by atoms with Crippen molar-refractivity contribution in [2.45, 2.75) is 32.6 Å². The first-order chi connectivity index (χ1) is 14.8. The third kappa shape index (κ3) is 4.18. The normalized spacial score (nSPS) is 12.8. The second kappa shape index (κ2) is 7.93. The second-order valence-corrected chi connectivity index (χ2v) is 7.26. The fourth-order valence-electron chi connectivity index (χ4n) is 3.49. The fraction of sp³-hybridized carbons (Fsp3) is 0.286. The molecule has 10 heteroatoms. The van der Waals surface area contributed by atoms with Gasteiger partial charge in [0.25, 0.3) is 0 Å². The summed E-state index contributed by atoms with van der Waals surface area (Å²) in [5, 5.41) is 9.50. The van der Waals surface area contributed by atoms with E-state index < -0.39 is 12.2 Å². The van der Waals surface area contributed by atoms with E-state index in [9.17, 15) is 13.2 Å². The molecule has 0 radical (unpaired) electrons. The van der Waals surface area contributed by atoms with Crippen LogP contribution in [-0.2, 0) is 6.54 Å². The summed E-state index contributed by atoms with van der Waals surface area (Å²) in [6.45, 7) is 3.35. The van der Waals surface area contributed by atoms with Gasteiger partial charge in [-0.05, 0) is 32.0 Å². The number of halogens is 3. The van der Waals surface area contributed by atoms with Gasteiger partial charge in [0.05, 0.1) is 11.0 Å². The summed E-state index contributed by atoms with van der Waals surface area (Å²) < 4.78 is 49.6. The number of fused-ring (bicyclic) bond motifs is 1. The zero-order chi connectivity index (χ0) is 22.2. The van der Waals surface area contributed by atoms with Crippen molar-refractivity contribution < 1.29 is 22.3 Å². The number of benzene rings is 1. The minimum atomic E-state index is -4.43. The molecule has 1 aromatic carbocycles. The molecule has 4 rings (SSSR count). The minimum absolute atomic E-state index is 0.265. The molecule has 31 heavy (non-hydrogen) atoms. The predicted molar refractivity (Wildman–Crippen MR) is 110 cm³/mol. The zero-order valence-corrected chi connectivity index (χ0v) is 17.2. The molecule has 1 unspecified atom stereocenters. The van der Waals surface area contributed by atoms with Crippen LogP contribution in [0.25, 0.3) is 16.7 Å². The largest absolute Gasteiger partial charge is 0.414 e. The van der Waals surface area contributed by atoms with E-state index in [4.69, 9.17) is 4.52 Å². The van der Waals surface area contributed by atoms with Gasteiger partial charge < -0.3 is 15.2 Å². The third-order valence-electron chi connectivity index (χ3n) is 5.09. The zero-order valence-electron chi connectivity index (χ0n) is 17.2. The standard InChI is InChI=1S/C21H21F3N6O/c1-13-20(14(2)31-28-13)30-12-26-17-10-16(4-5-18(17)30)27-19(21(22,23)24)11-29-8-6-15(25-3)7-9-29/h4-10,12,19,27H,11H2,1-3H3/p+1. The first-order valence-electron chi connectivity index (χ1n) is 9.66. The Labute approximate surface area is 176 Å². The lowest BCUT2D eigenvalue weighted by Gasteiger charge is -2.20. The van der Waals surface area contributed by atoms with Crippen LogP contribution in [0.4, 0.5) is 24.5 Å². The molecule has 4 aromatic rings. The van der Waals surface area contributed by atoms with Crippen molar-refractivity contribution in [3.63, 3.8) is 0 Å². The summed E-state index contributed by atoms with van der Waals surface area (Å²) >= 11 is 0. The summed E-state index contributed by atoms with van der Waals surface area (Å²) in [5.41, 5.74) is 3.96. The van der Waals surface area contributed by atoms with Crippen molar-refractivity contribution in [1.29, 1.82) is 0 Å². The monoisotopic (exact) mass is 431 g/mol. The van der Waals surface area contributed by atoms with Crippen molar-refractivity contribution in [2.75, 3.05) is 17.7 Å². The van der Waals surface area contributed by atoms with E-state index in [0.29, 0.717) is 22.7 Å². The summed E-state index contributed by atoms with van der Waals surface area (Å²) in [6, 6.07) is 6.64. The highest BCUT2D eigenvalue weighted by atomic mass is 19.4. The Bertz CT molecular complexity index is 1180. The SMILES string of the molecule is CNc1cc[n+](CC(Nc2ccc3c(c2)ncn3-c2c(C)noc2C)C(F)(F)F)cc1. The van der Waals surface area contributed by atoms with Gasteiger partial charge in [-0.3, -0.25) is 4.57 Å². The molecule has 3 aromatic heterocycles. The van der Waals surface area contributed by atoms with Gasteiger partial charge in [-0.25, -0.2) is 9.55 Å². The number of nitrogens with zero attached hydrogens (tertiary/aromatic N) is 4. The third-order valence-corrected chi connectivity index (χ3v) is 5.09. The average Bonchev–Trinajstić information content (AvgIpc) is 3.29. The molecule has 0 spiro atoms. The molecular weight excluding hydrogens is 409 g/mol. The summed E-state index contributed by atoms with van der Waals surface area (Å²) in [6.07, 6.45) is 0.405. The van der Waals surface area contributed by atoms with Crippen molar-refractivity contribution in [3.05, 3.63) is 60.5 Å². The highest BCUT2D eigenvalue weighted by Crippen LogP contribution is 2.28. The number of nitrogens with one attached hydrogen (secondary N) is 2. The molecule has 7 nitrogen and oxygen atoms in total. The van der Waals surface area contributed by atoms with Gasteiger partial charge in [-0.1, -0.05) is 5.16 Å². The van der Waals surface area contributed by atoms with Crippen molar-refractivity contribution in [1.82, 2.24) is 14.7 Å². The summed E-state index contributed by atoms with van der Waals surface area (Å²) in [7, 11) is 1.75. The van der Waals surface area contributed by atoms with E-state index in [1.54, 1.807) is 63.0 Å². The van der Waals surface area contributed by atoms with E-state index in [-0.39, 0.29) is 6.54 Å². The first kappa shape index (κ1) is 20.7. The maximum atomic E-state index is 13.7. The van der Waals surface area contributed by atoms with Crippen molar-refractivity contribution >= 4 is 22.4 Å². The van der Waals surface area contributed by atoms with Gasteiger partial charge in [-0.15, -0.1) is 0 Å². The molecule has 0 fully saturated rings. The van der Waals surface area contributed by atoms with Crippen LogP contribution >= 0.6 is 0 Å². The summed E-state index contributed by atoms with van der Waals surface area (Å²) in [4.78, 5) is 4.35. The highest BCUT2D eigenvalue weighted by molar-refractivity contribution is 5.81. The number of aromatic nitrogens is 4. The second-order valence-electron chi connectivity index (χ2n) is 7.26. The molecule has 3 heterocycles. The first-order valence-corrected chi connectivity index (χ1v) is 9.66. The Kier molecular flexibility index (Phi) is 5.30. The average molecular weight is 431 g/mol. The van der Waals surface area contributed by atoms with Gasteiger partial charge in [0, 0.05) is 30.6 Å². The van der Waals surface area contributed by atoms with E-state index in [1.807, 2.05) is 11.5 Å². The summed E-state index contributed by atoms with van der Waals surface area (Å²) in [5.74, 6) is 0.637. The molecule has 1 atom stereocenters. The molecule has 2 N–H and O–H groups in total. The number of anilines is 2. The fourth-order valence-corrected chi connectivity index (χ4v) is 3.49. The predicted octanol–water partition coefficient (Wildman–Crippen LogP) is 4.00. The van der Waals surface area contributed by atoms with Gasteiger partial charge in [-0.2, -0.15) is 13.2 Å². The molecule has 0 aliphatic heterocycles. The minimum Gasteiger partial charge on any atom is -0.388 e. The van der Waals surface area contributed by atoms with Gasteiger partial charge >= 0.3 is 6.18 Å². The number of hydrogen-bond acceptors (Lipinski definition) is 5. The number of imidazole rings is 1. The van der Waals surface area contributed by atoms with Crippen molar-refractivity contribution in [3.8, 4) is 5.69 Å². The van der Waals surface area contributed by atoms with E-state index in [2.05, 4.69) is 20.8 Å². The van der Waals surface area contributed by atoms with Crippen LogP contribution in [0.2, 0.25) is 0 Å². The van der Waals surface area contributed by atoms with Crippen LogP contribution in [0, 0.1) is 13.8 Å². The van der Waals surface area contributed by atoms with Gasteiger partial charge in [0.15, 0.2) is 30.7 Å². The molecule has 0 aliphatic rings. The Morgan fingerprint density at radius 1 is 1.13 bits per heavy atom. The van der Waals surface area contributed by atoms with Crippen molar-refractivity contribution in [2.24, 2.45) is 0 Å². The lowest BCUT2D eigenvalue weighted by atomic mass is 10.2. The van der Waals surface area contributed by atoms with Crippen LogP contribution in [0.15, 0.2) is 53.6 Å². The van der Waals surface area contributed by atoms with Crippen LogP contribution in [0.1, 0.15) is 11.5 Å². The number of hydrogen-bond donors (Lipinski definition) is 2. The van der Waals surface area contributed by atoms with Crippen LogP contribution < -0.4 is 15.2 Å². The Morgan fingerprint density at radius 2 is 1.87 bits per heavy atom. The number of rotatable bonds is 6. The highest BCUT2D eigenvalue weighted by Gasteiger charge is 2.42. The van der Waals surface area contributed by atoms with Crippen LogP contribution in [-0.4, -0.2) is 34.0 Å². The molecular formula is C21H22F3N6O+. The Hall–Kier alpha value is -3.56. The number of pyridine rings is 1. The maximum absolute atomic E-state index is 13.7. The molecule has 0 saturated heterocycles. The molecule has 162 valence electrons. The number of aryl methyl sites for hydroxylation is 2. The lowest BCUT2D eigenvalue weighted by molar-refractivity contribution is -0.701. The van der Waals surface area contributed by atoms with E-state index in [1.165, 1.54) is 4.57 Å². The smallest absolute Gasteiger partial charge is 0.388 e. The van der Waals surface area contributed by atoms with Crippen LogP contribution in [0.5, 0.6) is 0 Å². The molecule has 0 aliphatic carbocycles. The van der Waals surface area contributed by atoms with Gasteiger partial charge in [0.2, 0.25) is 0 Å². The Balaban J connectivity index is 1.60. The number of alkyl halides is 3. The maximum Gasteiger partial charge on any atom is 0.414 e.